The minimum atomic E-state index is -0.0661. The van der Waals surface area contributed by atoms with E-state index >= 15 is 0 Å². The van der Waals surface area contributed by atoms with Gasteiger partial charge in [-0.05, 0) is 25.0 Å². The maximum absolute atomic E-state index is 12.6. The number of aryl methyl sites for hydroxylation is 1. The molecule has 8 nitrogen and oxygen atoms in total. The van der Waals surface area contributed by atoms with Crippen LogP contribution in [0.15, 0.2) is 29.0 Å². The van der Waals surface area contributed by atoms with Crippen molar-refractivity contribution in [2.45, 2.75) is 38.6 Å². The van der Waals surface area contributed by atoms with Gasteiger partial charge in [0.05, 0.1) is 17.8 Å². The molecule has 0 aliphatic carbocycles. The summed E-state index contributed by atoms with van der Waals surface area (Å²) in [5.74, 6) is 2.10. The lowest BCUT2D eigenvalue weighted by Gasteiger charge is -2.33. The van der Waals surface area contributed by atoms with Crippen molar-refractivity contribution < 1.29 is 9.21 Å². The Morgan fingerprint density at radius 2 is 2.22 bits per heavy atom. The summed E-state index contributed by atoms with van der Waals surface area (Å²) in [5, 5.41) is 8.76. The molecule has 142 valence electrons. The molecule has 1 fully saturated rings. The van der Waals surface area contributed by atoms with E-state index in [1.807, 2.05) is 11.9 Å². The van der Waals surface area contributed by atoms with Gasteiger partial charge in [-0.1, -0.05) is 13.8 Å². The van der Waals surface area contributed by atoms with Gasteiger partial charge < -0.3 is 14.6 Å². The topological polar surface area (TPSA) is 89.1 Å². The van der Waals surface area contributed by atoms with Gasteiger partial charge in [-0.2, -0.15) is 5.10 Å². The Morgan fingerprint density at radius 3 is 2.96 bits per heavy atom. The first-order chi connectivity index (χ1) is 13.0. The number of nitrogens with one attached hydrogen (secondary N) is 1. The van der Waals surface area contributed by atoms with Crippen LogP contribution in [0, 0.1) is 0 Å². The van der Waals surface area contributed by atoms with E-state index < -0.39 is 0 Å². The highest BCUT2D eigenvalue weighted by Crippen LogP contribution is 2.25. The molecule has 0 spiro atoms. The summed E-state index contributed by atoms with van der Waals surface area (Å²) in [5.41, 5.74) is 0.815. The summed E-state index contributed by atoms with van der Waals surface area (Å²) >= 11 is 0. The fourth-order valence-electron chi connectivity index (χ4n) is 3.44. The number of furan rings is 1. The van der Waals surface area contributed by atoms with Gasteiger partial charge in [0.25, 0.3) is 5.91 Å². The van der Waals surface area contributed by atoms with Crippen molar-refractivity contribution in [1.29, 1.82) is 0 Å². The zero-order valence-corrected chi connectivity index (χ0v) is 15.8. The van der Waals surface area contributed by atoms with Gasteiger partial charge in [0.1, 0.15) is 11.6 Å². The Kier molecular flexibility index (Phi) is 4.55. The highest BCUT2D eigenvalue weighted by Gasteiger charge is 2.27. The van der Waals surface area contributed by atoms with Gasteiger partial charge in [0.15, 0.2) is 11.4 Å². The van der Waals surface area contributed by atoms with Gasteiger partial charge in [-0.3, -0.25) is 9.48 Å². The van der Waals surface area contributed by atoms with Crippen molar-refractivity contribution >= 4 is 22.8 Å². The summed E-state index contributed by atoms with van der Waals surface area (Å²) < 4.78 is 7.03. The third kappa shape index (κ3) is 3.39. The maximum atomic E-state index is 12.6. The molecule has 3 aromatic heterocycles. The molecule has 4 heterocycles. The molecule has 27 heavy (non-hydrogen) atoms. The lowest BCUT2D eigenvalue weighted by atomic mass is 10.1. The van der Waals surface area contributed by atoms with Gasteiger partial charge in [0.2, 0.25) is 0 Å². The van der Waals surface area contributed by atoms with E-state index in [1.165, 1.54) is 6.26 Å². The van der Waals surface area contributed by atoms with Crippen LogP contribution in [0.4, 0.5) is 5.82 Å². The minimum absolute atomic E-state index is 0.0661. The van der Waals surface area contributed by atoms with Crippen molar-refractivity contribution in [2.75, 3.05) is 18.4 Å². The van der Waals surface area contributed by atoms with Crippen LogP contribution in [0.25, 0.3) is 11.0 Å². The largest absolute Gasteiger partial charge is 0.459 e. The van der Waals surface area contributed by atoms with Crippen LogP contribution in [0.2, 0.25) is 0 Å². The summed E-state index contributed by atoms with van der Waals surface area (Å²) in [6.07, 6.45) is 5.23. The summed E-state index contributed by atoms with van der Waals surface area (Å²) in [6.45, 7) is 5.50. The molecule has 4 rings (SSSR count). The summed E-state index contributed by atoms with van der Waals surface area (Å²) in [7, 11) is 1.88. The van der Waals surface area contributed by atoms with Crippen LogP contribution < -0.4 is 5.32 Å². The lowest BCUT2D eigenvalue weighted by Crippen LogP contribution is -2.45. The molecule has 1 aliphatic heterocycles. The average molecular weight is 368 g/mol. The van der Waals surface area contributed by atoms with Crippen molar-refractivity contribution in [1.82, 2.24) is 24.6 Å². The maximum Gasteiger partial charge on any atom is 0.289 e. The minimum Gasteiger partial charge on any atom is -0.459 e. The Morgan fingerprint density at radius 1 is 1.37 bits per heavy atom. The van der Waals surface area contributed by atoms with Crippen molar-refractivity contribution in [3.63, 3.8) is 0 Å². The zero-order chi connectivity index (χ0) is 19.0. The van der Waals surface area contributed by atoms with Gasteiger partial charge in [-0.25, -0.2) is 9.97 Å². The second kappa shape index (κ2) is 7.02. The molecule has 0 saturated carbocycles. The van der Waals surface area contributed by atoms with Crippen LogP contribution in [-0.2, 0) is 7.05 Å². The third-order valence-corrected chi connectivity index (χ3v) is 4.91. The molecular formula is C19H24N6O2. The number of anilines is 1. The first-order valence-electron chi connectivity index (χ1n) is 9.32. The fourth-order valence-corrected chi connectivity index (χ4v) is 3.44. The molecule has 0 unspecified atom stereocenters. The van der Waals surface area contributed by atoms with Gasteiger partial charge in [0, 0.05) is 32.1 Å². The standard InChI is InChI=1S/C19H24N6O2/c1-12(2)16-22-17(14-10-20-24(3)18(14)23-16)21-13-6-4-8-25(11-13)19(26)15-7-5-9-27-15/h5,7,9-10,12-13H,4,6,8,11H2,1-3H3,(H,21,22,23)/t13-/m1/s1. The Balaban J connectivity index is 1.57. The predicted molar refractivity (Wildman–Crippen MR) is 102 cm³/mol. The summed E-state index contributed by atoms with van der Waals surface area (Å²) in [4.78, 5) is 23.8. The number of likely N-dealkylation sites (tertiary alicyclic amines) is 1. The average Bonchev–Trinajstić information content (AvgIpc) is 3.32. The number of carbonyl (C=O) groups is 1. The van der Waals surface area contributed by atoms with Crippen LogP contribution >= 0.6 is 0 Å². The molecule has 1 N–H and O–H groups in total. The molecule has 0 bridgehead atoms. The number of piperidine rings is 1. The van der Waals surface area contributed by atoms with E-state index in [9.17, 15) is 4.79 Å². The number of nitrogens with zero attached hydrogens (tertiary/aromatic N) is 5. The van der Waals surface area contributed by atoms with Crippen LogP contribution in [-0.4, -0.2) is 49.7 Å². The third-order valence-electron chi connectivity index (χ3n) is 4.91. The number of carbonyl (C=O) groups excluding carboxylic acids is 1. The molecular weight excluding hydrogens is 344 g/mol. The number of amides is 1. The fraction of sp³-hybridized carbons (Fsp3) is 0.474. The van der Waals surface area contributed by atoms with Gasteiger partial charge >= 0.3 is 0 Å². The smallest absolute Gasteiger partial charge is 0.289 e. The molecule has 1 atom stereocenters. The number of aromatic nitrogens is 4. The van der Waals surface area contributed by atoms with E-state index in [0.29, 0.717) is 12.3 Å². The predicted octanol–water partition coefficient (Wildman–Crippen LogP) is 2.80. The zero-order valence-electron chi connectivity index (χ0n) is 15.8. The van der Waals surface area contributed by atoms with Crippen LogP contribution in [0.5, 0.6) is 0 Å². The SMILES string of the molecule is CC(C)c1nc(N[C@@H]2CCCN(C(=O)c3ccco3)C2)c2cnn(C)c2n1. The Bertz CT molecular complexity index is 947. The molecule has 1 aliphatic rings. The Labute approximate surface area is 157 Å². The van der Waals surface area contributed by atoms with Crippen molar-refractivity contribution in [3.05, 3.63) is 36.2 Å². The quantitative estimate of drug-likeness (QED) is 0.762. The molecule has 1 amide bonds. The van der Waals surface area contributed by atoms with E-state index in [2.05, 4.69) is 29.2 Å². The van der Waals surface area contributed by atoms with Gasteiger partial charge in [-0.15, -0.1) is 0 Å². The number of rotatable bonds is 4. The summed E-state index contributed by atoms with van der Waals surface area (Å²) in [6, 6.07) is 3.56. The first-order valence-corrected chi connectivity index (χ1v) is 9.32. The molecule has 0 aromatic carbocycles. The first kappa shape index (κ1) is 17.5. The number of fused-ring (bicyclic) bond motifs is 1. The van der Waals surface area contributed by atoms with E-state index in [-0.39, 0.29) is 17.9 Å². The van der Waals surface area contributed by atoms with Crippen LogP contribution in [0.1, 0.15) is 49.0 Å². The second-order valence-electron chi connectivity index (χ2n) is 7.30. The number of hydrogen-bond acceptors (Lipinski definition) is 6. The number of hydrogen-bond donors (Lipinski definition) is 1. The van der Waals surface area contributed by atoms with E-state index in [0.717, 1.165) is 42.1 Å². The molecule has 8 heteroatoms. The van der Waals surface area contributed by atoms with E-state index in [4.69, 9.17) is 9.40 Å². The molecule has 1 saturated heterocycles. The highest BCUT2D eigenvalue weighted by molar-refractivity contribution is 5.91. The monoisotopic (exact) mass is 368 g/mol. The lowest BCUT2D eigenvalue weighted by molar-refractivity contribution is 0.0682. The second-order valence-corrected chi connectivity index (χ2v) is 7.30. The Hall–Kier alpha value is -2.90. The molecule has 3 aromatic rings. The van der Waals surface area contributed by atoms with E-state index in [1.54, 1.807) is 23.0 Å². The molecule has 0 radical (unpaired) electrons. The van der Waals surface area contributed by atoms with Crippen LogP contribution in [0.3, 0.4) is 0 Å². The van der Waals surface area contributed by atoms with Crippen molar-refractivity contribution in [2.24, 2.45) is 7.05 Å². The highest BCUT2D eigenvalue weighted by atomic mass is 16.3. The van der Waals surface area contributed by atoms with Crippen molar-refractivity contribution in [3.8, 4) is 0 Å². The normalized spacial score (nSPS) is 17.6.